The second-order valence-corrected chi connectivity index (χ2v) is 6.80. The fourth-order valence-electron chi connectivity index (χ4n) is 3.18. The smallest absolute Gasteiger partial charge is 0.316 e. The average molecular weight is 401 g/mol. The topological polar surface area (TPSA) is 82.3 Å². The van der Waals surface area contributed by atoms with Crippen LogP contribution in [0.2, 0.25) is 0 Å². The van der Waals surface area contributed by atoms with Crippen LogP contribution >= 0.6 is 0 Å². The van der Waals surface area contributed by atoms with E-state index in [2.05, 4.69) is 5.32 Å². The van der Waals surface area contributed by atoms with Crippen molar-refractivity contribution in [2.24, 2.45) is 14.1 Å². The number of fused-ring (bicyclic) bond motifs is 1. The highest BCUT2D eigenvalue weighted by atomic mass is 16.5. The average Bonchev–Trinajstić information content (AvgIpc) is 2.78. The van der Waals surface area contributed by atoms with Crippen molar-refractivity contribution in [2.75, 3.05) is 5.32 Å². The molecule has 0 aliphatic carbocycles. The number of nitrogens with one attached hydrogen (secondary N) is 1. The molecule has 0 saturated carbocycles. The summed E-state index contributed by atoms with van der Waals surface area (Å²) < 4.78 is 8.54. The quantitative estimate of drug-likeness (QED) is 0.532. The number of carbonyl (C=O) groups excluding carboxylic acids is 1. The van der Waals surface area contributed by atoms with E-state index < -0.39 is 11.1 Å². The zero-order valence-corrected chi connectivity index (χ0v) is 16.5. The molecule has 1 amide bonds. The molecule has 3 aromatic carbocycles. The Balaban J connectivity index is 1.89. The fraction of sp³-hybridized carbons (Fsp3) is 0.0870. The second-order valence-electron chi connectivity index (χ2n) is 6.80. The largest absolute Gasteiger partial charge is 0.455 e. The Morgan fingerprint density at radius 1 is 0.800 bits per heavy atom. The van der Waals surface area contributed by atoms with E-state index in [-0.39, 0.29) is 5.91 Å². The Morgan fingerprint density at radius 3 is 1.93 bits per heavy atom. The van der Waals surface area contributed by atoms with Crippen LogP contribution in [0.1, 0.15) is 10.4 Å². The highest BCUT2D eigenvalue weighted by molar-refractivity contribution is 6.06. The van der Waals surface area contributed by atoms with Crippen LogP contribution in [-0.4, -0.2) is 15.0 Å². The number of carbonyl (C=O) groups is 1. The first-order valence-corrected chi connectivity index (χ1v) is 9.29. The third-order valence-electron chi connectivity index (χ3n) is 4.85. The van der Waals surface area contributed by atoms with E-state index in [1.54, 1.807) is 48.5 Å². The molecule has 0 atom stereocenters. The lowest BCUT2D eigenvalue weighted by Crippen LogP contribution is -2.39. The monoisotopic (exact) mass is 401 g/mol. The number of nitrogens with zero attached hydrogens (tertiary/aromatic N) is 2. The SMILES string of the molecule is Cn1c(=O)c(=O)n(C)c2cc(Oc3ccccc3)c(NC(=O)c3ccccc3)cc21. The van der Waals surface area contributed by atoms with Crippen LogP contribution < -0.4 is 21.2 Å². The summed E-state index contributed by atoms with van der Waals surface area (Å²) in [5, 5.41) is 2.85. The van der Waals surface area contributed by atoms with Crippen LogP contribution in [0.5, 0.6) is 11.5 Å². The fourth-order valence-corrected chi connectivity index (χ4v) is 3.18. The van der Waals surface area contributed by atoms with Gasteiger partial charge in [-0.25, -0.2) is 0 Å². The molecular formula is C23H19N3O4. The van der Waals surface area contributed by atoms with Crippen molar-refractivity contribution in [3.63, 3.8) is 0 Å². The molecular weight excluding hydrogens is 382 g/mol. The van der Waals surface area contributed by atoms with Crippen LogP contribution in [0.25, 0.3) is 11.0 Å². The van der Waals surface area contributed by atoms with Gasteiger partial charge in [-0.2, -0.15) is 0 Å². The predicted molar refractivity (Wildman–Crippen MR) is 115 cm³/mol. The molecule has 1 heterocycles. The van der Waals surface area contributed by atoms with Crippen LogP contribution in [0.3, 0.4) is 0 Å². The molecule has 4 rings (SSSR count). The molecule has 4 aromatic rings. The molecule has 0 unspecified atom stereocenters. The van der Waals surface area contributed by atoms with Crippen molar-refractivity contribution in [2.45, 2.75) is 0 Å². The maximum absolute atomic E-state index is 12.7. The Hall–Kier alpha value is -4.13. The van der Waals surface area contributed by atoms with E-state index in [4.69, 9.17) is 4.74 Å². The van der Waals surface area contributed by atoms with Crippen molar-refractivity contribution in [1.82, 2.24) is 9.13 Å². The molecule has 0 spiro atoms. The maximum Gasteiger partial charge on any atom is 0.316 e. The van der Waals surface area contributed by atoms with Crippen LogP contribution in [0, 0.1) is 0 Å². The van der Waals surface area contributed by atoms with Gasteiger partial charge in [0.25, 0.3) is 5.91 Å². The highest BCUT2D eigenvalue weighted by Gasteiger charge is 2.16. The maximum atomic E-state index is 12.7. The number of anilines is 1. The third-order valence-corrected chi connectivity index (χ3v) is 4.85. The summed E-state index contributed by atoms with van der Waals surface area (Å²) in [6, 6.07) is 21.2. The van der Waals surface area contributed by atoms with Crippen molar-refractivity contribution in [1.29, 1.82) is 0 Å². The van der Waals surface area contributed by atoms with Gasteiger partial charge >= 0.3 is 11.1 Å². The molecule has 0 bridgehead atoms. The summed E-state index contributed by atoms with van der Waals surface area (Å²) in [5.41, 5.74) is 0.571. The van der Waals surface area contributed by atoms with Gasteiger partial charge in [-0.15, -0.1) is 0 Å². The molecule has 150 valence electrons. The lowest BCUT2D eigenvalue weighted by atomic mass is 10.2. The van der Waals surface area contributed by atoms with Crippen molar-refractivity contribution in [3.05, 3.63) is 99.1 Å². The molecule has 0 aliphatic heterocycles. The molecule has 0 saturated heterocycles. The van der Waals surface area contributed by atoms with E-state index in [1.165, 1.54) is 23.2 Å². The number of aromatic nitrogens is 2. The predicted octanol–water partition coefficient (Wildman–Crippen LogP) is 3.28. The highest BCUT2D eigenvalue weighted by Crippen LogP contribution is 2.33. The molecule has 7 nitrogen and oxygen atoms in total. The number of hydrogen-bond donors (Lipinski definition) is 1. The van der Waals surface area contributed by atoms with Gasteiger partial charge in [0.2, 0.25) is 0 Å². The number of rotatable bonds is 4. The zero-order valence-electron chi connectivity index (χ0n) is 16.5. The number of para-hydroxylation sites is 1. The first-order valence-electron chi connectivity index (χ1n) is 9.29. The summed E-state index contributed by atoms with van der Waals surface area (Å²) in [6.07, 6.45) is 0. The van der Waals surface area contributed by atoms with Gasteiger partial charge in [-0.1, -0.05) is 36.4 Å². The zero-order chi connectivity index (χ0) is 21.3. The van der Waals surface area contributed by atoms with Gasteiger partial charge in [0.05, 0.1) is 16.7 Å². The lowest BCUT2D eigenvalue weighted by Gasteiger charge is -2.16. The van der Waals surface area contributed by atoms with Crippen molar-refractivity contribution < 1.29 is 9.53 Å². The first-order chi connectivity index (χ1) is 14.5. The molecule has 0 fully saturated rings. The normalized spacial score (nSPS) is 10.7. The minimum atomic E-state index is -0.651. The number of hydrogen-bond acceptors (Lipinski definition) is 4. The minimum Gasteiger partial charge on any atom is -0.455 e. The Kier molecular flexibility index (Phi) is 4.93. The van der Waals surface area contributed by atoms with Crippen molar-refractivity contribution >= 4 is 22.6 Å². The van der Waals surface area contributed by atoms with E-state index in [0.29, 0.717) is 33.8 Å². The third kappa shape index (κ3) is 3.48. The number of amides is 1. The van der Waals surface area contributed by atoms with E-state index >= 15 is 0 Å². The summed E-state index contributed by atoms with van der Waals surface area (Å²) in [6.45, 7) is 0. The lowest BCUT2D eigenvalue weighted by molar-refractivity contribution is 0.102. The van der Waals surface area contributed by atoms with E-state index in [0.717, 1.165) is 0 Å². The summed E-state index contributed by atoms with van der Waals surface area (Å²) >= 11 is 0. The van der Waals surface area contributed by atoms with Crippen LogP contribution in [0.15, 0.2) is 82.4 Å². The Bertz CT molecular complexity index is 1360. The minimum absolute atomic E-state index is 0.317. The molecule has 1 N–H and O–H groups in total. The van der Waals surface area contributed by atoms with Gasteiger partial charge in [0, 0.05) is 25.7 Å². The van der Waals surface area contributed by atoms with Gasteiger partial charge in [0.1, 0.15) is 5.75 Å². The number of benzene rings is 3. The number of aryl methyl sites for hydroxylation is 2. The van der Waals surface area contributed by atoms with Crippen LogP contribution in [-0.2, 0) is 14.1 Å². The standard InChI is InChI=1S/C23H19N3O4/c1-25-18-13-17(24-21(27)15-9-5-3-6-10-15)20(30-16-11-7-4-8-12-16)14-19(18)26(2)23(29)22(25)28/h3-14H,1-2H3,(H,24,27). The van der Waals surface area contributed by atoms with E-state index in [9.17, 15) is 14.4 Å². The molecule has 0 aliphatic rings. The molecule has 7 heteroatoms. The number of ether oxygens (including phenoxy) is 1. The molecule has 30 heavy (non-hydrogen) atoms. The second kappa shape index (κ2) is 7.71. The Labute approximate surface area is 171 Å². The van der Waals surface area contributed by atoms with Gasteiger partial charge in [0.15, 0.2) is 5.75 Å². The summed E-state index contributed by atoms with van der Waals surface area (Å²) in [7, 11) is 3.05. The van der Waals surface area contributed by atoms with Crippen molar-refractivity contribution in [3.8, 4) is 11.5 Å². The van der Waals surface area contributed by atoms with Gasteiger partial charge in [-0.05, 0) is 30.3 Å². The van der Waals surface area contributed by atoms with Gasteiger partial charge < -0.3 is 19.2 Å². The summed E-state index contributed by atoms with van der Waals surface area (Å²) in [4.78, 5) is 37.2. The van der Waals surface area contributed by atoms with Crippen LogP contribution in [0.4, 0.5) is 5.69 Å². The molecule has 1 aromatic heterocycles. The van der Waals surface area contributed by atoms with E-state index in [1.807, 2.05) is 24.3 Å². The van der Waals surface area contributed by atoms with Gasteiger partial charge in [-0.3, -0.25) is 14.4 Å². The summed E-state index contributed by atoms with van der Waals surface area (Å²) in [5.74, 6) is 0.608. The Morgan fingerprint density at radius 2 is 1.33 bits per heavy atom. The first kappa shape index (κ1) is 19.2. The molecule has 0 radical (unpaired) electrons.